The van der Waals surface area contributed by atoms with E-state index in [1.54, 1.807) is 0 Å². The molecule has 1 aliphatic rings. The number of hydrogen-bond donors (Lipinski definition) is 1. The van der Waals surface area contributed by atoms with Crippen LogP contribution < -0.4 is 5.32 Å². The van der Waals surface area contributed by atoms with Crippen molar-refractivity contribution in [1.82, 2.24) is 15.3 Å². The third-order valence-electron chi connectivity index (χ3n) is 3.99. The lowest BCUT2D eigenvalue weighted by molar-refractivity contribution is 0.675. The first-order chi connectivity index (χ1) is 10.0. The van der Waals surface area contributed by atoms with Gasteiger partial charge in [0.05, 0.1) is 0 Å². The van der Waals surface area contributed by atoms with Gasteiger partial charge < -0.3 is 5.32 Å². The first kappa shape index (κ1) is 14.7. The van der Waals surface area contributed by atoms with E-state index in [9.17, 15) is 0 Å². The fourth-order valence-corrected chi connectivity index (χ4v) is 3.00. The highest BCUT2D eigenvalue weighted by Gasteiger charge is 2.21. The highest BCUT2D eigenvalue weighted by atomic mass is 79.9. The maximum absolute atomic E-state index is 4.73. The second kappa shape index (κ2) is 5.85. The third-order valence-corrected chi connectivity index (χ3v) is 4.49. The number of nitrogens with zero attached hydrogens (tertiary/aromatic N) is 2. The van der Waals surface area contributed by atoms with Crippen LogP contribution in [-0.4, -0.2) is 16.0 Å². The number of halogens is 1. The van der Waals surface area contributed by atoms with Crippen molar-refractivity contribution in [3.8, 4) is 11.4 Å². The number of benzene rings is 1. The SMILES string of the molecule is Cc1cc(Br)ccc1-c1nc(C)c(CNC2CC2)c(C)n1. The summed E-state index contributed by atoms with van der Waals surface area (Å²) >= 11 is 3.50. The van der Waals surface area contributed by atoms with Gasteiger partial charge >= 0.3 is 0 Å². The lowest BCUT2D eigenvalue weighted by Gasteiger charge is -2.13. The normalized spacial score (nSPS) is 14.5. The standard InChI is InChI=1S/C17H20BrN3/c1-10-8-13(18)4-7-15(10)17-20-11(2)16(12(3)21-17)9-19-14-5-6-14/h4,7-8,14,19H,5-6,9H2,1-3H3. The predicted molar refractivity (Wildman–Crippen MR) is 89.2 cm³/mol. The van der Waals surface area contributed by atoms with Crippen molar-refractivity contribution in [2.24, 2.45) is 0 Å². The summed E-state index contributed by atoms with van der Waals surface area (Å²) in [6, 6.07) is 6.93. The quantitative estimate of drug-likeness (QED) is 0.906. The zero-order chi connectivity index (χ0) is 15.0. The average molecular weight is 346 g/mol. The van der Waals surface area contributed by atoms with E-state index in [1.165, 1.54) is 24.0 Å². The molecule has 21 heavy (non-hydrogen) atoms. The molecule has 0 bridgehead atoms. The Kier molecular flexibility index (Phi) is 4.09. The molecule has 1 N–H and O–H groups in total. The monoisotopic (exact) mass is 345 g/mol. The van der Waals surface area contributed by atoms with E-state index in [4.69, 9.17) is 9.97 Å². The van der Waals surface area contributed by atoms with E-state index in [-0.39, 0.29) is 0 Å². The maximum atomic E-state index is 4.73. The van der Waals surface area contributed by atoms with Gasteiger partial charge in [-0.3, -0.25) is 0 Å². The molecule has 3 nitrogen and oxygen atoms in total. The molecule has 4 heteroatoms. The Morgan fingerprint density at radius 3 is 2.38 bits per heavy atom. The van der Waals surface area contributed by atoms with Crippen LogP contribution in [0.5, 0.6) is 0 Å². The van der Waals surface area contributed by atoms with E-state index in [2.05, 4.69) is 54.2 Å². The van der Waals surface area contributed by atoms with Gasteiger partial charge in [0, 0.05) is 39.6 Å². The summed E-state index contributed by atoms with van der Waals surface area (Å²) in [5.41, 5.74) is 5.68. The molecule has 1 aliphatic carbocycles. The van der Waals surface area contributed by atoms with Crippen LogP contribution in [0.4, 0.5) is 0 Å². The Morgan fingerprint density at radius 1 is 1.14 bits per heavy atom. The van der Waals surface area contributed by atoms with Gasteiger partial charge in [0.25, 0.3) is 0 Å². The Hall–Kier alpha value is -1.26. The van der Waals surface area contributed by atoms with Crippen LogP contribution in [0.25, 0.3) is 11.4 Å². The van der Waals surface area contributed by atoms with E-state index in [1.807, 2.05) is 6.07 Å². The molecule has 1 fully saturated rings. The van der Waals surface area contributed by atoms with Crippen molar-refractivity contribution in [3.63, 3.8) is 0 Å². The predicted octanol–water partition coefficient (Wildman–Crippen LogP) is 4.08. The van der Waals surface area contributed by atoms with Crippen LogP contribution >= 0.6 is 15.9 Å². The number of hydrogen-bond acceptors (Lipinski definition) is 3. The first-order valence-electron chi connectivity index (χ1n) is 7.38. The highest BCUT2D eigenvalue weighted by Crippen LogP contribution is 2.25. The zero-order valence-corrected chi connectivity index (χ0v) is 14.3. The topological polar surface area (TPSA) is 37.8 Å². The second-order valence-electron chi connectivity index (χ2n) is 5.81. The molecule has 1 aromatic carbocycles. The molecule has 0 aliphatic heterocycles. The van der Waals surface area contributed by atoms with Gasteiger partial charge in [0.2, 0.25) is 0 Å². The minimum atomic E-state index is 0.706. The number of nitrogens with one attached hydrogen (secondary N) is 1. The second-order valence-corrected chi connectivity index (χ2v) is 6.73. The molecule has 3 rings (SSSR count). The minimum absolute atomic E-state index is 0.706. The third kappa shape index (κ3) is 3.33. The molecule has 0 unspecified atom stereocenters. The molecule has 110 valence electrons. The van der Waals surface area contributed by atoms with Crippen molar-refractivity contribution in [3.05, 3.63) is 45.2 Å². The van der Waals surface area contributed by atoms with Gasteiger partial charge in [-0.15, -0.1) is 0 Å². The average Bonchev–Trinajstić information content (AvgIpc) is 3.21. The van der Waals surface area contributed by atoms with E-state index in [0.717, 1.165) is 33.8 Å². The molecule has 0 saturated heterocycles. The highest BCUT2D eigenvalue weighted by molar-refractivity contribution is 9.10. The van der Waals surface area contributed by atoms with E-state index >= 15 is 0 Å². The lowest BCUT2D eigenvalue weighted by atomic mass is 10.1. The Morgan fingerprint density at radius 2 is 1.81 bits per heavy atom. The lowest BCUT2D eigenvalue weighted by Crippen LogP contribution is -2.18. The van der Waals surface area contributed by atoms with Gasteiger partial charge in [-0.2, -0.15) is 0 Å². The molecule has 1 aromatic heterocycles. The van der Waals surface area contributed by atoms with Gasteiger partial charge in [0.1, 0.15) is 0 Å². The first-order valence-corrected chi connectivity index (χ1v) is 8.18. The Labute approximate surface area is 134 Å². The minimum Gasteiger partial charge on any atom is -0.310 e. The molecule has 0 spiro atoms. The summed E-state index contributed by atoms with van der Waals surface area (Å²) in [4.78, 5) is 9.45. The van der Waals surface area contributed by atoms with Crippen LogP contribution in [0.15, 0.2) is 22.7 Å². The van der Waals surface area contributed by atoms with Crippen LogP contribution in [0.2, 0.25) is 0 Å². The van der Waals surface area contributed by atoms with Crippen LogP contribution in [0, 0.1) is 20.8 Å². The van der Waals surface area contributed by atoms with Crippen LogP contribution in [0.3, 0.4) is 0 Å². The van der Waals surface area contributed by atoms with E-state index < -0.39 is 0 Å². The summed E-state index contributed by atoms with van der Waals surface area (Å²) < 4.78 is 1.09. The zero-order valence-electron chi connectivity index (χ0n) is 12.7. The summed E-state index contributed by atoms with van der Waals surface area (Å²) in [7, 11) is 0. The maximum Gasteiger partial charge on any atom is 0.159 e. The van der Waals surface area contributed by atoms with Crippen LogP contribution in [-0.2, 0) is 6.54 Å². The largest absolute Gasteiger partial charge is 0.310 e. The Balaban J connectivity index is 1.92. The summed E-state index contributed by atoms with van der Waals surface area (Å²) in [5, 5.41) is 3.55. The fourth-order valence-electron chi connectivity index (χ4n) is 2.53. The fraction of sp³-hybridized carbons (Fsp3) is 0.412. The van der Waals surface area contributed by atoms with Gasteiger partial charge in [-0.05, 0) is 57.4 Å². The van der Waals surface area contributed by atoms with Gasteiger partial charge in [-0.1, -0.05) is 15.9 Å². The van der Waals surface area contributed by atoms with Crippen molar-refractivity contribution < 1.29 is 0 Å². The molecular formula is C17H20BrN3. The van der Waals surface area contributed by atoms with Gasteiger partial charge in [0.15, 0.2) is 5.82 Å². The summed E-state index contributed by atoms with van der Waals surface area (Å²) in [6.07, 6.45) is 2.60. The molecule has 0 amide bonds. The molecule has 0 atom stereocenters. The van der Waals surface area contributed by atoms with Crippen molar-refractivity contribution in [1.29, 1.82) is 0 Å². The molecular weight excluding hydrogens is 326 g/mol. The van der Waals surface area contributed by atoms with Crippen LogP contribution in [0.1, 0.15) is 35.4 Å². The van der Waals surface area contributed by atoms with Crippen molar-refractivity contribution in [2.75, 3.05) is 0 Å². The number of aryl methyl sites for hydroxylation is 3. The molecule has 2 aromatic rings. The number of aromatic nitrogens is 2. The Bertz CT molecular complexity index is 655. The van der Waals surface area contributed by atoms with Crippen molar-refractivity contribution in [2.45, 2.75) is 46.2 Å². The molecule has 0 radical (unpaired) electrons. The smallest absolute Gasteiger partial charge is 0.159 e. The van der Waals surface area contributed by atoms with E-state index in [0.29, 0.717) is 6.04 Å². The van der Waals surface area contributed by atoms with Gasteiger partial charge in [-0.25, -0.2) is 9.97 Å². The summed E-state index contributed by atoms with van der Waals surface area (Å²) in [6.45, 7) is 7.13. The molecule has 1 saturated carbocycles. The molecule has 1 heterocycles. The van der Waals surface area contributed by atoms with Crippen molar-refractivity contribution >= 4 is 15.9 Å². The summed E-state index contributed by atoms with van der Waals surface area (Å²) in [5.74, 6) is 0.824. The number of rotatable bonds is 4.